The van der Waals surface area contributed by atoms with E-state index >= 15 is 0 Å². The van der Waals surface area contributed by atoms with Crippen LogP contribution in [-0.2, 0) is 19.6 Å². The van der Waals surface area contributed by atoms with Gasteiger partial charge in [-0.1, -0.05) is 28.4 Å². The maximum Gasteiger partial charge on any atom is 0.243 e. The van der Waals surface area contributed by atoms with Crippen molar-refractivity contribution in [1.29, 1.82) is 0 Å². The molecule has 0 radical (unpaired) electrons. The second-order valence-corrected chi connectivity index (χ2v) is 9.64. The van der Waals surface area contributed by atoms with Gasteiger partial charge in [0, 0.05) is 29.3 Å². The fraction of sp³-hybridized carbons (Fsp3) is 0.300. The van der Waals surface area contributed by atoms with Gasteiger partial charge in [-0.15, -0.1) is 0 Å². The maximum absolute atomic E-state index is 13.1. The van der Waals surface area contributed by atoms with Crippen molar-refractivity contribution in [2.24, 2.45) is 0 Å². The Morgan fingerprint density at radius 2 is 1.69 bits per heavy atom. The summed E-state index contributed by atoms with van der Waals surface area (Å²) in [5.41, 5.74) is 1.05. The summed E-state index contributed by atoms with van der Waals surface area (Å²) in [6, 6.07) is 12.3. The first kappa shape index (κ1) is 21.5. The summed E-state index contributed by atoms with van der Waals surface area (Å²) >= 11 is 3.30. The molecule has 9 heteroatoms. The number of nitrogens with zero attached hydrogens (tertiary/aromatic N) is 1. The van der Waals surface area contributed by atoms with Gasteiger partial charge in [0.1, 0.15) is 6.04 Å². The Labute approximate surface area is 178 Å². The molecule has 0 aliphatic carbocycles. The molecule has 154 valence electrons. The van der Waals surface area contributed by atoms with Crippen molar-refractivity contribution < 1.29 is 18.0 Å². The van der Waals surface area contributed by atoms with E-state index in [1.54, 1.807) is 36.4 Å². The third kappa shape index (κ3) is 5.23. The van der Waals surface area contributed by atoms with Crippen molar-refractivity contribution in [2.75, 3.05) is 17.2 Å². The summed E-state index contributed by atoms with van der Waals surface area (Å²) in [7, 11) is -3.79. The molecule has 7 nitrogen and oxygen atoms in total. The number of hydrogen-bond acceptors (Lipinski definition) is 4. The first-order valence-electron chi connectivity index (χ1n) is 9.23. The van der Waals surface area contributed by atoms with Crippen LogP contribution in [0.3, 0.4) is 0 Å². The SMILES string of the molecule is CC(=O)Nc1cccc(NC(=O)C2CCCCN2S(=O)(=O)c2ccc(Br)cc2)c1. The Bertz CT molecular complexity index is 1010. The number of rotatable bonds is 5. The van der Waals surface area contributed by atoms with E-state index < -0.39 is 16.1 Å². The second kappa shape index (κ2) is 9.06. The molecule has 1 aliphatic heterocycles. The minimum atomic E-state index is -3.79. The summed E-state index contributed by atoms with van der Waals surface area (Å²) < 4.78 is 28.3. The molecule has 1 saturated heterocycles. The molecule has 3 rings (SSSR count). The molecule has 0 aromatic heterocycles. The average molecular weight is 480 g/mol. The van der Waals surface area contributed by atoms with Crippen LogP contribution in [0.4, 0.5) is 11.4 Å². The van der Waals surface area contributed by atoms with Crippen LogP contribution in [0.2, 0.25) is 0 Å². The van der Waals surface area contributed by atoms with E-state index in [-0.39, 0.29) is 16.7 Å². The number of halogens is 1. The quantitative estimate of drug-likeness (QED) is 0.684. The van der Waals surface area contributed by atoms with Crippen molar-refractivity contribution in [3.05, 3.63) is 53.0 Å². The zero-order valence-electron chi connectivity index (χ0n) is 15.9. The molecule has 0 bridgehead atoms. The Kier molecular flexibility index (Phi) is 6.71. The van der Waals surface area contributed by atoms with Crippen molar-refractivity contribution in [3.63, 3.8) is 0 Å². The van der Waals surface area contributed by atoms with Crippen LogP contribution in [0, 0.1) is 0 Å². The summed E-state index contributed by atoms with van der Waals surface area (Å²) in [5.74, 6) is -0.599. The molecule has 1 aliphatic rings. The fourth-order valence-electron chi connectivity index (χ4n) is 3.30. The lowest BCUT2D eigenvalue weighted by Gasteiger charge is -2.33. The largest absolute Gasteiger partial charge is 0.326 e. The van der Waals surface area contributed by atoms with E-state index in [1.165, 1.54) is 23.4 Å². The zero-order chi connectivity index (χ0) is 21.0. The number of anilines is 2. The normalized spacial score (nSPS) is 17.5. The Balaban J connectivity index is 1.81. The lowest BCUT2D eigenvalue weighted by Crippen LogP contribution is -2.49. The highest BCUT2D eigenvalue weighted by atomic mass is 79.9. The molecular formula is C20H22BrN3O4S. The maximum atomic E-state index is 13.1. The Morgan fingerprint density at radius 3 is 2.34 bits per heavy atom. The lowest BCUT2D eigenvalue weighted by molar-refractivity contribution is -0.120. The predicted octanol–water partition coefficient (Wildman–Crippen LogP) is 3.59. The van der Waals surface area contributed by atoms with E-state index in [0.29, 0.717) is 30.8 Å². The molecule has 0 saturated carbocycles. The molecule has 2 aromatic carbocycles. The van der Waals surface area contributed by atoms with Crippen LogP contribution in [0.15, 0.2) is 57.9 Å². The van der Waals surface area contributed by atoms with Crippen LogP contribution in [0.5, 0.6) is 0 Å². The standard InChI is InChI=1S/C20H22BrN3O4S/c1-14(25)22-16-5-4-6-17(13-16)23-20(26)19-7-2-3-12-24(19)29(27,28)18-10-8-15(21)9-11-18/h4-6,8-11,13,19H,2-3,7,12H2,1H3,(H,22,25)(H,23,26). The van der Waals surface area contributed by atoms with Gasteiger partial charge in [0.25, 0.3) is 0 Å². The van der Waals surface area contributed by atoms with Gasteiger partial charge in [-0.2, -0.15) is 4.31 Å². The highest BCUT2D eigenvalue weighted by Gasteiger charge is 2.37. The van der Waals surface area contributed by atoms with Crippen LogP contribution in [-0.4, -0.2) is 37.1 Å². The highest BCUT2D eigenvalue weighted by Crippen LogP contribution is 2.27. The van der Waals surface area contributed by atoms with Crippen LogP contribution >= 0.6 is 15.9 Å². The third-order valence-electron chi connectivity index (χ3n) is 4.63. The molecule has 0 spiro atoms. The molecule has 1 unspecified atom stereocenters. The summed E-state index contributed by atoms with van der Waals surface area (Å²) in [4.78, 5) is 24.3. The van der Waals surface area contributed by atoms with Gasteiger partial charge in [-0.25, -0.2) is 8.42 Å². The van der Waals surface area contributed by atoms with Crippen LogP contribution < -0.4 is 10.6 Å². The number of piperidine rings is 1. The molecule has 29 heavy (non-hydrogen) atoms. The highest BCUT2D eigenvalue weighted by molar-refractivity contribution is 9.10. The average Bonchev–Trinajstić information content (AvgIpc) is 2.68. The molecule has 1 atom stereocenters. The van der Waals surface area contributed by atoms with Crippen LogP contribution in [0.25, 0.3) is 0 Å². The number of amides is 2. The van der Waals surface area contributed by atoms with Gasteiger partial charge in [0.2, 0.25) is 21.8 Å². The van der Waals surface area contributed by atoms with Crippen molar-refractivity contribution in [2.45, 2.75) is 37.1 Å². The van der Waals surface area contributed by atoms with Gasteiger partial charge >= 0.3 is 0 Å². The predicted molar refractivity (Wildman–Crippen MR) is 115 cm³/mol. The summed E-state index contributed by atoms with van der Waals surface area (Å²) in [6.45, 7) is 1.69. The molecule has 2 aromatic rings. The third-order valence-corrected chi connectivity index (χ3v) is 7.08. The van der Waals surface area contributed by atoms with Crippen molar-refractivity contribution >= 4 is 49.1 Å². The number of carbonyl (C=O) groups excluding carboxylic acids is 2. The minimum absolute atomic E-state index is 0.160. The van der Waals surface area contributed by atoms with Gasteiger partial charge in [0.05, 0.1) is 4.90 Å². The minimum Gasteiger partial charge on any atom is -0.326 e. The van der Waals surface area contributed by atoms with Crippen molar-refractivity contribution in [1.82, 2.24) is 4.31 Å². The lowest BCUT2D eigenvalue weighted by atomic mass is 10.0. The molecular weight excluding hydrogens is 458 g/mol. The fourth-order valence-corrected chi connectivity index (χ4v) is 5.22. The van der Waals surface area contributed by atoms with Gasteiger partial charge in [-0.05, 0) is 55.3 Å². The zero-order valence-corrected chi connectivity index (χ0v) is 18.3. The monoisotopic (exact) mass is 479 g/mol. The molecule has 1 heterocycles. The smallest absolute Gasteiger partial charge is 0.243 e. The first-order valence-corrected chi connectivity index (χ1v) is 11.5. The molecule has 2 N–H and O–H groups in total. The van der Waals surface area contributed by atoms with Gasteiger partial charge < -0.3 is 10.6 Å². The number of benzene rings is 2. The Morgan fingerprint density at radius 1 is 1.03 bits per heavy atom. The number of sulfonamides is 1. The van der Waals surface area contributed by atoms with E-state index in [1.807, 2.05) is 0 Å². The number of carbonyl (C=O) groups is 2. The molecule has 2 amide bonds. The van der Waals surface area contributed by atoms with E-state index in [2.05, 4.69) is 26.6 Å². The van der Waals surface area contributed by atoms with Gasteiger partial charge in [-0.3, -0.25) is 9.59 Å². The molecule has 1 fully saturated rings. The topological polar surface area (TPSA) is 95.6 Å². The number of nitrogens with one attached hydrogen (secondary N) is 2. The van der Waals surface area contributed by atoms with E-state index in [4.69, 9.17) is 0 Å². The van der Waals surface area contributed by atoms with E-state index in [0.717, 1.165) is 10.9 Å². The van der Waals surface area contributed by atoms with Crippen molar-refractivity contribution in [3.8, 4) is 0 Å². The summed E-state index contributed by atoms with van der Waals surface area (Å²) in [5, 5.41) is 5.44. The van der Waals surface area contributed by atoms with Gasteiger partial charge in [0.15, 0.2) is 0 Å². The van der Waals surface area contributed by atoms with Crippen LogP contribution in [0.1, 0.15) is 26.2 Å². The second-order valence-electron chi connectivity index (χ2n) is 6.83. The Hall–Kier alpha value is -2.23. The summed E-state index contributed by atoms with van der Waals surface area (Å²) in [6.07, 6.45) is 1.93. The number of hydrogen-bond donors (Lipinski definition) is 2. The van der Waals surface area contributed by atoms with E-state index in [9.17, 15) is 18.0 Å². The first-order chi connectivity index (χ1) is 13.8.